The fraction of sp³-hybridized carbons (Fsp3) is 0.100. The summed E-state index contributed by atoms with van der Waals surface area (Å²) in [5.41, 5.74) is 4.02. The number of H-pyrrole nitrogens is 1. The van der Waals surface area contributed by atoms with Gasteiger partial charge in [0.05, 0.1) is 12.8 Å². The lowest BCUT2D eigenvalue weighted by Crippen LogP contribution is -2.29. The number of aryl methyl sites for hydroxylation is 1. The Kier molecular flexibility index (Phi) is 5.01. The summed E-state index contributed by atoms with van der Waals surface area (Å²) in [5.74, 6) is 0.318. The van der Waals surface area contributed by atoms with Crippen LogP contribution < -0.4 is 16.7 Å². The predicted octanol–water partition coefficient (Wildman–Crippen LogP) is 2.57. The van der Waals surface area contributed by atoms with Crippen LogP contribution in [0.25, 0.3) is 11.2 Å². The quantitative estimate of drug-likeness (QED) is 0.392. The van der Waals surface area contributed by atoms with Gasteiger partial charge in [0.25, 0.3) is 5.56 Å². The molecule has 0 aliphatic rings. The first-order valence-corrected chi connectivity index (χ1v) is 9.19. The smallest absolute Gasteiger partial charge is 0.298 e. The number of rotatable bonds is 5. The van der Waals surface area contributed by atoms with E-state index in [4.69, 9.17) is 11.6 Å². The standard InChI is InChI=1S/C20H17ClN6O2/c1-26-17-16(18(28)24-20(26)29)27(12-14-9-5-6-10-15(14)21)19(23-17)25-22-11-13-7-3-2-4-8-13/h2-11H,12H2,1H3,(H,23,25)(H,24,28,29). The summed E-state index contributed by atoms with van der Waals surface area (Å²) in [6.07, 6.45) is 1.64. The third-order valence-corrected chi connectivity index (χ3v) is 4.84. The summed E-state index contributed by atoms with van der Waals surface area (Å²) in [4.78, 5) is 31.2. The van der Waals surface area contributed by atoms with E-state index in [1.54, 1.807) is 23.9 Å². The van der Waals surface area contributed by atoms with Crippen molar-refractivity contribution in [1.82, 2.24) is 19.1 Å². The lowest BCUT2D eigenvalue weighted by atomic mass is 10.2. The second-order valence-electron chi connectivity index (χ2n) is 6.38. The van der Waals surface area contributed by atoms with Crippen LogP contribution in [0.2, 0.25) is 5.02 Å². The fourth-order valence-electron chi connectivity index (χ4n) is 2.97. The fourth-order valence-corrected chi connectivity index (χ4v) is 3.17. The minimum atomic E-state index is -0.538. The Morgan fingerprint density at radius 2 is 1.86 bits per heavy atom. The predicted molar refractivity (Wildman–Crippen MR) is 114 cm³/mol. The number of halogens is 1. The highest BCUT2D eigenvalue weighted by atomic mass is 35.5. The Balaban J connectivity index is 1.82. The molecule has 0 aliphatic heterocycles. The number of aromatic amines is 1. The Hall–Kier alpha value is -3.65. The number of hydrogen-bond acceptors (Lipinski definition) is 5. The van der Waals surface area contributed by atoms with E-state index in [1.165, 1.54) is 4.57 Å². The number of anilines is 1. The molecule has 0 fully saturated rings. The third kappa shape index (κ3) is 3.70. The van der Waals surface area contributed by atoms with Crippen LogP contribution in [-0.2, 0) is 13.6 Å². The molecule has 0 bridgehead atoms. The number of fused-ring (bicyclic) bond motifs is 1. The Morgan fingerprint density at radius 1 is 1.14 bits per heavy atom. The van der Waals surface area contributed by atoms with Crippen LogP contribution in [0.15, 0.2) is 69.3 Å². The number of hydrazone groups is 1. The number of nitrogens with zero attached hydrogens (tertiary/aromatic N) is 4. The molecular formula is C20H17ClN6O2. The molecule has 2 aromatic heterocycles. The van der Waals surface area contributed by atoms with Crippen molar-refractivity contribution in [3.8, 4) is 0 Å². The summed E-state index contributed by atoms with van der Waals surface area (Å²) in [6.45, 7) is 0.278. The number of nitrogens with one attached hydrogen (secondary N) is 2. The van der Waals surface area contributed by atoms with Gasteiger partial charge in [0.15, 0.2) is 11.2 Å². The molecule has 2 heterocycles. The summed E-state index contributed by atoms with van der Waals surface area (Å²) in [7, 11) is 1.55. The highest BCUT2D eigenvalue weighted by Gasteiger charge is 2.18. The molecule has 146 valence electrons. The van der Waals surface area contributed by atoms with Gasteiger partial charge in [0.2, 0.25) is 5.95 Å². The van der Waals surface area contributed by atoms with Gasteiger partial charge in [0.1, 0.15) is 0 Å². The van der Waals surface area contributed by atoms with Gasteiger partial charge in [-0.2, -0.15) is 10.1 Å². The van der Waals surface area contributed by atoms with Crippen molar-refractivity contribution >= 4 is 34.9 Å². The van der Waals surface area contributed by atoms with Gasteiger partial charge in [-0.3, -0.25) is 18.9 Å². The van der Waals surface area contributed by atoms with Gasteiger partial charge in [0, 0.05) is 12.1 Å². The minimum Gasteiger partial charge on any atom is -0.298 e. The van der Waals surface area contributed by atoms with Gasteiger partial charge >= 0.3 is 5.69 Å². The van der Waals surface area contributed by atoms with Crippen molar-refractivity contribution in [3.05, 3.63) is 91.6 Å². The van der Waals surface area contributed by atoms with Crippen molar-refractivity contribution in [2.24, 2.45) is 12.1 Å². The van der Waals surface area contributed by atoms with Crippen molar-refractivity contribution in [2.45, 2.75) is 6.54 Å². The number of hydrogen-bond donors (Lipinski definition) is 2. The van der Waals surface area contributed by atoms with Crippen LogP contribution in [-0.4, -0.2) is 25.3 Å². The number of imidazole rings is 1. The van der Waals surface area contributed by atoms with E-state index in [9.17, 15) is 9.59 Å². The lowest BCUT2D eigenvalue weighted by Gasteiger charge is -2.09. The van der Waals surface area contributed by atoms with Crippen LogP contribution in [0.5, 0.6) is 0 Å². The van der Waals surface area contributed by atoms with E-state index in [2.05, 4.69) is 20.5 Å². The van der Waals surface area contributed by atoms with Gasteiger partial charge in [-0.25, -0.2) is 10.2 Å². The molecule has 0 saturated heterocycles. The zero-order chi connectivity index (χ0) is 20.4. The zero-order valence-electron chi connectivity index (χ0n) is 15.5. The second kappa shape index (κ2) is 7.76. The van der Waals surface area contributed by atoms with E-state index in [0.29, 0.717) is 11.0 Å². The lowest BCUT2D eigenvalue weighted by molar-refractivity contribution is 0.808. The molecule has 0 radical (unpaired) electrons. The normalized spacial score (nSPS) is 11.4. The van der Waals surface area contributed by atoms with Crippen LogP contribution in [0.4, 0.5) is 5.95 Å². The average molecular weight is 409 g/mol. The van der Waals surface area contributed by atoms with Crippen molar-refractivity contribution < 1.29 is 0 Å². The zero-order valence-corrected chi connectivity index (χ0v) is 16.2. The molecule has 2 aromatic carbocycles. The maximum atomic E-state index is 12.5. The molecule has 2 N–H and O–H groups in total. The molecule has 0 atom stereocenters. The van der Waals surface area contributed by atoms with Crippen molar-refractivity contribution in [3.63, 3.8) is 0 Å². The summed E-state index contributed by atoms with van der Waals surface area (Å²) in [6, 6.07) is 16.9. The Labute approximate surface area is 170 Å². The van der Waals surface area contributed by atoms with Gasteiger partial charge in [-0.15, -0.1) is 0 Å². The molecule has 9 heteroatoms. The molecule has 0 unspecified atom stereocenters. The summed E-state index contributed by atoms with van der Waals surface area (Å²) in [5, 5.41) is 4.79. The number of benzene rings is 2. The van der Waals surface area contributed by atoms with Crippen LogP contribution in [0, 0.1) is 0 Å². The highest BCUT2D eigenvalue weighted by Crippen LogP contribution is 2.21. The minimum absolute atomic E-state index is 0.253. The van der Waals surface area contributed by atoms with Crippen LogP contribution in [0.1, 0.15) is 11.1 Å². The van der Waals surface area contributed by atoms with E-state index in [-0.39, 0.29) is 17.7 Å². The molecule has 29 heavy (non-hydrogen) atoms. The molecule has 4 aromatic rings. The summed E-state index contributed by atoms with van der Waals surface area (Å²) >= 11 is 6.30. The molecular weight excluding hydrogens is 392 g/mol. The Morgan fingerprint density at radius 3 is 2.62 bits per heavy atom. The average Bonchev–Trinajstić information content (AvgIpc) is 3.08. The van der Waals surface area contributed by atoms with Gasteiger partial charge in [-0.05, 0) is 17.2 Å². The van der Waals surface area contributed by atoms with Gasteiger partial charge < -0.3 is 0 Å². The Bertz CT molecular complexity index is 1320. The first kappa shape index (κ1) is 18.7. The van der Waals surface area contributed by atoms with E-state index in [0.717, 1.165) is 11.1 Å². The number of aromatic nitrogens is 4. The highest BCUT2D eigenvalue weighted by molar-refractivity contribution is 6.31. The maximum Gasteiger partial charge on any atom is 0.329 e. The largest absolute Gasteiger partial charge is 0.329 e. The van der Waals surface area contributed by atoms with Crippen LogP contribution in [0.3, 0.4) is 0 Å². The van der Waals surface area contributed by atoms with E-state index in [1.807, 2.05) is 48.5 Å². The molecule has 0 amide bonds. The molecule has 4 rings (SSSR count). The van der Waals surface area contributed by atoms with Crippen molar-refractivity contribution in [1.29, 1.82) is 0 Å². The second-order valence-corrected chi connectivity index (χ2v) is 6.79. The topological polar surface area (TPSA) is 97.1 Å². The molecule has 0 saturated carbocycles. The van der Waals surface area contributed by atoms with Gasteiger partial charge in [-0.1, -0.05) is 60.1 Å². The molecule has 0 spiro atoms. The van der Waals surface area contributed by atoms with Crippen molar-refractivity contribution in [2.75, 3.05) is 5.43 Å². The molecule has 0 aliphatic carbocycles. The molecule has 8 nitrogen and oxygen atoms in total. The summed E-state index contributed by atoms with van der Waals surface area (Å²) < 4.78 is 2.93. The SMILES string of the molecule is Cn1c(=O)[nH]c(=O)c2c1nc(NN=Cc1ccccc1)n2Cc1ccccc1Cl. The first-order valence-electron chi connectivity index (χ1n) is 8.81. The van der Waals surface area contributed by atoms with E-state index < -0.39 is 11.2 Å². The van der Waals surface area contributed by atoms with Crippen LogP contribution >= 0.6 is 11.6 Å². The maximum absolute atomic E-state index is 12.5. The monoisotopic (exact) mass is 408 g/mol. The first-order chi connectivity index (χ1) is 14.0. The third-order valence-electron chi connectivity index (χ3n) is 4.47. The van der Waals surface area contributed by atoms with E-state index >= 15 is 0 Å².